The van der Waals surface area contributed by atoms with Gasteiger partial charge in [0, 0.05) is 17.8 Å². The Morgan fingerprint density at radius 3 is 2.83 bits per heavy atom. The third kappa shape index (κ3) is 3.06. The summed E-state index contributed by atoms with van der Waals surface area (Å²) in [5.74, 6) is 0.385. The second-order valence-corrected chi connectivity index (χ2v) is 6.24. The van der Waals surface area contributed by atoms with Crippen LogP contribution in [0.15, 0.2) is 4.79 Å². The number of H-pyrrole nitrogens is 1. The van der Waals surface area contributed by atoms with Gasteiger partial charge in [0.15, 0.2) is 0 Å². The zero-order valence-corrected chi connectivity index (χ0v) is 13.3. The Balaban J connectivity index is 1.74. The van der Waals surface area contributed by atoms with Crippen molar-refractivity contribution in [2.24, 2.45) is 0 Å². The number of alkyl carbamates (subject to hydrolysis) is 1. The van der Waals surface area contributed by atoms with E-state index in [1.807, 2.05) is 0 Å². The van der Waals surface area contributed by atoms with Gasteiger partial charge in [-0.1, -0.05) is 0 Å². The standard InChI is InChI=1S/C15H20N4O4/c1-9-11(13(21)18-10(2)17-9)6-12(20)19-5-3-4-15(8-19)7-16-14(22)23-15/h3-8H2,1-2H3,(H,16,22)(H,17,18,21)/t15-/m1/s1. The van der Waals surface area contributed by atoms with E-state index in [1.54, 1.807) is 18.7 Å². The van der Waals surface area contributed by atoms with Crippen molar-refractivity contribution in [3.05, 3.63) is 27.4 Å². The molecule has 0 aromatic carbocycles. The molecule has 2 fully saturated rings. The number of amides is 2. The number of nitrogens with one attached hydrogen (secondary N) is 2. The molecule has 8 heteroatoms. The summed E-state index contributed by atoms with van der Waals surface area (Å²) in [6, 6.07) is 0. The van der Waals surface area contributed by atoms with Crippen molar-refractivity contribution in [1.29, 1.82) is 0 Å². The number of aromatic amines is 1. The van der Waals surface area contributed by atoms with Gasteiger partial charge in [0.1, 0.15) is 11.4 Å². The van der Waals surface area contributed by atoms with E-state index in [1.165, 1.54) is 0 Å². The molecule has 3 heterocycles. The number of hydrogen-bond acceptors (Lipinski definition) is 5. The Bertz CT molecular complexity index is 714. The predicted molar refractivity (Wildman–Crippen MR) is 81.1 cm³/mol. The second-order valence-electron chi connectivity index (χ2n) is 6.24. The Morgan fingerprint density at radius 1 is 1.39 bits per heavy atom. The molecule has 23 heavy (non-hydrogen) atoms. The summed E-state index contributed by atoms with van der Waals surface area (Å²) in [7, 11) is 0. The van der Waals surface area contributed by atoms with Crippen molar-refractivity contribution >= 4 is 12.0 Å². The van der Waals surface area contributed by atoms with E-state index in [0.717, 1.165) is 12.8 Å². The zero-order valence-electron chi connectivity index (χ0n) is 13.3. The summed E-state index contributed by atoms with van der Waals surface area (Å²) in [4.78, 5) is 44.4. The second kappa shape index (κ2) is 5.68. The van der Waals surface area contributed by atoms with Crippen molar-refractivity contribution in [1.82, 2.24) is 20.2 Å². The maximum Gasteiger partial charge on any atom is 0.407 e. The number of hydrogen-bond donors (Lipinski definition) is 2. The highest BCUT2D eigenvalue weighted by Crippen LogP contribution is 2.28. The molecule has 2 amide bonds. The molecular formula is C15H20N4O4. The van der Waals surface area contributed by atoms with Crippen LogP contribution in [-0.2, 0) is 16.0 Å². The third-order valence-electron chi connectivity index (χ3n) is 4.42. The van der Waals surface area contributed by atoms with Crippen molar-refractivity contribution < 1.29 is 14.3 Å². The Kier molecular flexibility index (Phi) is 3.83. The molecule has 2 aliphatic heterocycles. The summed E-state index contributed by atoms with van der Waals surface area (Å²) in [5.41, 5.74) is 0.0592. The third-order valence-corrected chi connectivity index (χ3v) is 4.42. The number of rotatable bonds is 2. The first-order valence-electron chi connectivity index (χ1n) is 7.70. The van der Waals surface area contributed by atoms with Gasteiger partial charge in [0.05, 0.1) is 19.5 Å². The Labute approximate surface area is 133 Å². The van der Waals surface area contributed by atoms with Crippen LogP contribution in [0.4, 0.5) is 4.79 Å². The lowest BCUT2D eigenvalue weighted by atomic mass is 9.92. The highest BCUT2D eigenvalue weighted by molar-refractivity contribution is 5.79. The van der Waals surface area contributed by atoms with E-state index >= 15 is 0 Å². The zero-order chi connectivity index (χ0) is 16.6. The molecule has 0 bridgehead atoms. The van der Waals surface area contributed by atoms with E-state index in [4.69, 9.17) is 4.74 Å². The van der Waals surface area contributed by atoms with Crippen LogP contribution in [0.5, 0.6) is 0 Å². The lowest BCUT2D eigenvalue weighted by Gasteiger charge is -2.38. The van der Waals surface area contributed by atoms with Gasteiger partial charge in [-0.05, 0) is 26.7 Å². The molecule has 0 radical (unpaired) electrons. The minimum atomic E-state index is -0.627. The van der Waals surface area contributed by atoms with Gasteiger partial charge in [-0.15, -0.1) is 0 Å². The Hall–Kier alpha value is -2.38. The van der Waals surface area contributed by atoms with Crippen LogP contribution >= 0.6 is 0 Å². The highest BCUT2D eigenvalue weighted by Gasteiger charge is 2.44. The lowest BCUT2D eigenvalue weighted by molar-refractivity contribution is -0.136. The molecule has 0 aliphatic carbocycles. The Morgan fingerprint density at radius 2 is 2.17 bits per heavy atom. The van der Waals surface area contributed by atoms with Gasteiger partial charge in [-0.2, -0.15) is 0 Å². The maximum atomic E-state index is 12.6. The number of aryl methyl sites for hydroxylation is 2. The summed E-state index contributed by atoms with van der Waals surface area (Å²) >= 11 is 0. The van der Waals surface area contributed by atoms with Crippen molar-refractivity contribution in [3.8, 4) is 0 Å². The summed E-state index contributed by atoms with van der Waals surface area (Å²) in [6.07, 6.45) is 1.07. The lowest BCUT2D eigenvalue weighted by Crippen LogP contribution is -2.52. The molecule has 3 rings (SSSR count). The van der Waals surface area contributed by atoms with Crippen LogP contribution in [0, 0.1) is 13.8 Å². The molecule has 1 aromatic rings. The van der Waals surface area contributed by atoms with E-state index in [-0.39, 0.29) is 17.9 Å². The summed E-state index contributed by atoms with van der Waals surface area (Å²) in [6.45, 7) is 4.82. The summed E-state index contributed by atoms with van der Waals surface area (Å²) < 4.78 is 5.36. The first-order valence-corrected chi connectivity index (χ1v) is 7.70. The first kappa shape index (κ1) is 15.5. The number of carbonyl (C=O) groups excluding carboxylic acids is 2. The van der Waals surface area contributed by atoms with Crippen molar-refractivity contribution in [2.45, 2.75) is 38.7 Å². The molecule has 124 valence electrons. The average Bonchev–Trinajstić information content (AvgIpc) is 2.83. The first-order chi connectivity index (χ1) is 10.9. The van der Waals surface area contributed by atoms with E-state index in [0.29, 0.717) is 36.7 Å². The minimum absolute atomic E-state index is 0.00585. The number of carbonyl (C=O) groups is 2. The molecule has 2 saturated heterocycles. The minimum Gasteiger partial charge on any atom is -0.439 e. The van der Waals surface area contributed by atoms with Crippen LogP contribution in [0.25, 0.3) is 0 Å². The van der Waals surface area contributed by atoms with E-state index < -0.39 is 11.7 Å². The molecule has 2 aliphatic rings. The van der Waals surface area contributed by atoms with Crippen LogP contribution in [0.2, 0.25) is 0 Å². The molecule has 2 N–H and O–H groups in total. The number of likely N-dealkylation sites (tertiary alicyclic amines) is 1. The maximum absolute atomic E-state index is 12.6. The highest BCUT2D eigenvalue weighted by atomic mass is 16.6. The quantitative estimate of drug-likeness (QED) is 0.800. The van der Waals surface area contributed by atoms with E-state index in [9.17, 15) is 14.4 Å². The van der Waals surface area contributed by atoms with Crippen molar-refractivity contribution in [2.75, 3.05) is 19.6 Å². The van der Waals surface area contributed by atoms with Crippen LogP contribution < -0.4 is 10.9 Å². The molecule has 1 atom stereocenters. The van der Waals surface area contributed by atoms with Crippen LogP contribution in [-0.4, -0.2) is 52.1 Å². The SMILES string of the molecule is Cc1nc(C)c(CC(=O)N2CCC[C@@]3(CNC(=O)O3)C2)c(=O)[nH]1. The number of piperidine rings is 1. The monoisotopic (exact) mass is 320 g/mol. The van der Waals surface area contributed by atoms with E-state index in [2.05, 4.69) is 15.3 Å². The van der Waals surface area contributed by atoms with Gasteiger partial charge in [-0.25, -0.2) is 9.78 Å². The number of ether oxygens (including phenoxy) is 1. The normalized spacial score (nSPS) is 23.7. The smallest absolute Gasteiger partial charge is 0.407 e. The predicted octanol–water partition coefficient (Wildman–Crippen LogP) is 0.0302. The molecule has 1 spiro atoms. The molecule has 1 aromatic heterocycles. The summed E-state index contributed by atoms with van der Waals surface area (Å²) in [5, 5.41) is 2.65. The fourth-order valence-corrected chi connectivity index (χ4v) is 3.26. The van der Waals surface area contributed by atoms with Gasteiger partial charge in [-0.3, -0.25) is 9.59 Å². The molecule has 0 saturated carbocycles. The topological polar surface area (TPSA) is 104 Å². The van der Waals surface area contributed by atoms with Crippen LogP contribution in [0.1, 0.15) is 29.9 Å². The van der Waals surface area contributed by atoms with Gasteiger partial charge in [0.2, 0.25) is 5.91 Å². The molecular weight excluding hydrogens is 300 g/mol. The number of aromatic nitrogens is 2. The van der Waals surface area contributed by atoms with Gasteiger partial charge < -0.3 is 19.9 Å². The van der Waals surface area contributed by atoms with Gasteiger partial charge in [0.25, 0.3) is 5.56 Å². The average molecular weight is 320 g/mol. The van der Waals surface area contributed by atoms with Crippen LogP contribution in [0.3, 0.4) is 0 Å². The largest absolute Gasteiger partial charge is 0.439 e. The molecule has 8 nitrogen and oxygen atoms in total. The fraction of sp³-hybridized carbons (Fsp3) is 0.600. The number of nitrogens with zero attached hydrogens (tertiary/aromatic N) is 2. The molecule has 0 unspecified atom stereocenters. The van der Waals surface area contributed by atoms with Crippen molar-refractivity contribution in [3.63, 3.8) is 0 Å². The fourth-order valence-electron chi connectivity index (χ4n) is 3.26. The van der Waals surface area contributed by atoms with Gasteiger partial charge >= 0.3 is 6.09 Å².